The number of fused-ring (bicyclic) bond motifs is 1. The number of aromatic nitrogens is 4. The summed E-state index contributed by atoms with van der Waals surface area (Å²) in [7, 11) is 3.13. The van der Waals surface area contributed by atoms with E-state index in [1.807, 2.05) is 19.9 Å². The Morgan fingerprint density at radius 3 is 2.50 bits per heavy atom. The van der Waals surface area contributed by atoms with Gasteiger partial charge in [-0.1, -0.05) is 6.07 Å². The maximum atomic E-state index is 14.0. The van der Waals surface area contributed by atoms with Crippen LogP contribution >= 0.6 is 0 Å². The van der Waals surface area contributed by atoms with Crippen LogP contribution in [0.3, 0.4) is 0 Å². The first-order valence-electron chi connectivity index (χ1n) is 11.3. The normalized spacial score (nSPS) is 11.3. The van der Waals surface area contributed by atoms with Gasteiger partial charge < -0.3 is 13.9 Å². The number of halogens is 1. The zero-order valence-corrected chi connectivity index (χ0v) is 20.6. The monoisotopic (exact) mass is 488 g/mol. The van der Waals surface area contributed by atoms with Crippen LogP contribution in [0, 0.1) is 26.6 Å². The van der Waals surface area contributed by atoms with Crippen LogP contribution in [-0.4, -0.2) is 33.6 Å². The Bertz CT molecular complexity index is 1660. The van der Waals surface area contributed by atoms with E-state index in [1.165, 1.54) is 12.1 Å². The van der Waals surface area contributed by atoms with Crippen LogP contribution in [0.4, 0.5) is 4.39 Å². The van der Waals surface area contributed by atoms with Gasteiger partial charge in [-0.05, 0) is 62.7 Å². The molecule has 0 saturated carbocycles. The molecule has 0 N–H and O–H groups in total. The van der Waals surface area contributed by atoms with E-state index >= 15 is 0 Å². The molecule has 0 saturated heterocycles. The molecule has 0 spiro atoms. The number of ether oxygens (including phenoxy) is 2. The van der Waals surface area contributed by atoms with Gasteiger partial charge in [0.1, 0.15) is 22.9 Å². The van der Waals surface area contributed by atoms with E-state index in [0.717, 1.165) is 16.6 Å². The van der Waals surface area contributed by atoms with Crippen molar-refractivity contribution in [2.45, 2.75) is 27.3 Å². The Morgan fingerprint density at radius 1 is 1.00 bits per heavy atom. The minimum absolute atomic E-state index is 0.151. The summed E-state index contributed by atoms with van der Waals surface area (Å²) >= 11 is 0. The summed E-state index contributed by atoms with van der Waals surface area (Å²) < 4.78 is 33.9. The van der Waals surface area contributed by atoms with Crippen molar-refractivity contribution >= 4 is 11.0 Å². The number of pyridine rings is 1. The Hall–Kier alpha value is -4.40. The fourth-order valence-electron chi connectivity index (χ4n) is 4.42. The van der Waals surface area contributed by atoms with E-state index in [2.05, 4.69) is 10.1 Å². The van der Waals surface area contributed by atoms with Crippen molar-refractivity contribution < 1.29 is 18.3 Å². The van der Waals surface area contributed by atoms with E-state index in [9.17, 15) is 9.18 Å². The Kier molecular flexibility index (Phi) is 5.83. The van der Waals surface area contributed by atoms with E-state index in [-0.39, 0.29) is 17.9 Å². The molecule has 184 valence electrons. The lowest BCUT2D eigenvalue weighted by Crippen LogP contribution is -2.23. The van der Waals surface area contributed by atoms with Gasteiger partial charge in [-0.2, -0.15) is 5.10 Å². The highest BCUT2D eigenvalue weighted by atomic mass is 19.1. The second kappa shape index (κ2) is 8.99. The Balaban J connectivity index is 1.64. The van der Waals surface area contributed by atoms with Crippen molar-refractivity contribution in [2.24, 2.45) is 0 Å². The summed E-state index contributed by atoms with van der Waals surface area (Å²) in [6, 6.07) is 13.1. The van der Waals surface area contributed by atoms with Crippen molar-refractivity contribution in [3.8, 4) is 28.6 Å². The molecule has 0 aliphatic rings. The van der Waals surface area contributed by atoms with Gasteiger partial charge in [-0.25, -0.2) is 14.1 Å². The van der Waals surface area contributed by atoms with Crippen LogP contribution in [0.25, 0.3) is 28.2 Å². The van der Waals surface area contributed by atoms with Crippen molar-refractivity contribution in [3.05, 3.63) is 87.4 Å². The molecular weight excluding hydrogens is 463 g/mol. The first-order valence-corrected chi connectivity index (χ1v) is 11.3. The standard InChI is InChI=1S/C27H25FN4O4/c1-15-11-24(33)31(27-25(15)16(2)30-32(27)20-8-6-7-19(28)13-20)14-21-17(3)36-26(29-21)18-9-10-22(34-4)23(12-18)35-5/h6-13H,14H2,1-5H3. The summed E-state index contributed by atoms with van der Waals surface area (Å²) in [5.41, 5.74) is 3.72. The Labute approximate surface area is 206 Å². The predicted molar refractivity (Wildman–Crippen MR) is 134 cm³/mol. The summed E-state index contributed by atoms with van der Waals surface area (Å²) in [5, 5.41) is 5.47. The molecule has 5 rings (SSSR count). The molecular formula is C27H25FN4O4. The summed E-state index contributed by atoms with van der Waals surface area (Å²) in [6.45, 7) is 5.70. The van der Waals surface area contributed by atoms with Crippen LogP contribution in [0.2, 0.25) is 0 Å². The van der Waals surface area contributed by atoms with E-state index in [0.29, 0.717) is 45.7 Å². The highest BCUT2D eigenvalue weighted by molar-refractivity contribution is 5.83. The third kappa shape index (κ3) is 3.92. The largest absolute Gasteiger partial charge is 0.493 e. The van der Waals surface area contributed by atoms with Crippen LogP contribution in [0.1, 0.15) is 22.7 Å². The maximum Gasteiger partial charge on any atom is 0.252 e. The Morgan fingerprint density at radius 2 is 1.78 bits per heavy atom. The van der Waals surface area contributed by atoms with Gasteiger partial charge in [0.25, 0.3) is 5.56 Å². The summed E-state index contributed by atoms with van der Waals surface area (Å²) in [5.74, 6) is 1.74. The fourth-order valence-corrected chi connectivity index (χ4v) is 4.42. The molecule has 0 atom stereocenters. The number of hydrogen-bond donors (Lipinski definition) is 0. The second-order valence-electron chi connectivity index (χ2n) is 8.52. The average molecular weight is 489 g/mol. The number of rotatable bonds is 6. The molecule has 9 heteroatoms. The highest BCUT2D eigenvalue weighted by Gasteiger charge is 2.20. The van der Waals surface area contributed by atoms with Gasteiger partial charge in [0.2, 0.25) is 5.89 Å². The van der Waals surface area contributed by atoms with Crippen LogP contribution in [-0.2, 0) is 6.54 Å². The zero-order valence-electron chi connectivity index (χ0n) is 20.6. The third-order valence-electron chi connectivity index (χ3n) is 6.18. The fraction of sp³-hybridized carbons (Fsp3) is 0.222. The minimum Gasteiger partial charge on any atom is -0.493 e. The third-order valence-corrected chi connectivity index (χ3v) is 6.18. The van der Waals surface area contributed by atoms with Gasteiger partial charge in [0, 0.05) is 17.0 Å². The van der Waals surface area contributed by atoms with Crippen LogP contribution in [0.5, 0.6) is 11.5 Å². The molecule has 0 radical (unpaired) electrons. The van der Waals surface area contributed by atoms with Crippen molar-refractivity contribution in [1.82, 2.24) is 19.3 Å². The number of hydrogen-bond acceptors (Lipinski definition) is 6. The van der Waals surface area contributed by atoms with E-state index in [1.54, 1.807) is 60.7 Å². The topological polar surface area (TPSA) is 84.3 Å². The van der Waals surface area contributed by atoms with E-state index < -0.39 is 0 Å². The molecule has 36 heavy (non-hydrogen) atoms. The SMILES string of the molecule is COc1ccc(-c2nc(Cn3c(=O)cc(C)c4c(C)nn(-c5cccc(F)c5)c43)c(C)o2)cc1OC. The minimum atomic E-state index is -0.387. The number of methoxy groups -OCH3 is 2. The summed E-state index contributed by atoms with van der Waals surface area (Å²) in [6.07, 6.45) is 0. The quantitative estimate of drug-likeness (QED) is 0.336. The first kappa shape index (κ1) is 23.3. The molecule has 8 nitrogen and oxygen atoms in total. The lowest BCUT2D eigenvalue weighted by atomic mass is 10.1. The van der Waals surface area contributed by atoms with Crippen LogP contribution < -0.4 is 15.0 Å². The molecule has 0 bridgehead atoms. The highest BCUT2D eigenvalue weighted by Crippen LogP contribution is 2.33. The van der Waals surface area contributed by atoms with Crippen molar-refractivity contribution in [2.75, 3.05) is 14.2 Å². The molecule has 0 aliphatic heterocycles. The lowest BCUT2D eigenvalue weighted by molar-refractivity contribution is 0.355. The first-order chi connectivity index (χ1) is 17.3. The second-order valence-corrected chi connectivity index (χ2v) is 8.52. The number of aryl methyl sites for hydroxylation is 3. The molecule has 0 aliphatic carbocycles. The maximum absolute atomic E-state index is 14.0. The number of nitrogens with zero attached hydrogens (tertiary/aromatic N) is 4. The van der Waals surface area contributed by atoms with Crippen molar-refractivity contribution in [1.29, 1.82) is 0 Å². The van der Waals surface area contributed by atoms with Gasteiger partial charge in [0.15, 0.2) is 11.5 Å². The molecule has 0 amide bonds. The predicted octanol–water partition coefficient (Wildman–Crippen LogP) is 4.97. The molecule has 2 aromatic carbocycles. The van der Waals surface area contributed by atoms with E-state index in [4.69, 9.17) is 13.9 Å². The number of oxazole rings is 1. The molecule has 5 aromatic rings. The molecule has 0 fully saturated rings. The van der Waals surface area contributed by atoms with Gasteiger partial charge in [0.05, 0.1) is 32.1 Å². The number of benzene rings is 2. The smallest absolute Gasteiger partial charge is 0.252 e. The van der Waals surface area contributed by atoms with Gasteiger partial charge in [-0.15, -0.1) is 0 Å². The van der Waals surface area contributed by atoms with Gasteiger partial charge in [-0.3, -0.25) is 9.36 Å². The van der Waals surface area contributed by atoms with Crippen molar-refractivity contribution in [3.63, 3.8) is 0 Å². The zero-order chi connectivity index (χ0) is 25.6. The average Bonchev–Trinajstić information content (AvgIpc) is 3.41. The molecule has 0 unspecified atom stereocenters. The summed E-state index contributed by atoms with van der Waals surface area (Å²) in [4.78, 5) is 17.9. The van der Waals surface area contributed by atoms with Crippen LogP contribution in [0.15, 0.2) is 57.7 Å². The molecule has 3 heterocycles. The lowest BCUT2D eigenvalue weighted by Gasteiger charge is -2.11. The van der Waals surface area contributed by atoms with Gasteiger partial charge >= 0.3 is 0 Å². The molecule has 3 aromatic heterocycles.